The van der Waals surface area contributed by atoms with Gasteiger partial charge in [-0.25, -0.2) is 8.42 Å². The predicted octanol–water partition coefficient (Wildman–Crippen LogP) is 3.03. The zero-order valence-electron chi connectivity index (χ0n) is 11.0. The Hall–Kier alpha value is -2.23. The molecule has 0 radical (unpaired) electrons. The molecule has 0 fully saturated rings. The Bertz CT molecular complexity index is 842. The summed E-state index contributed by atoms with van der Waals surface area (Å²) in [6.45, 7) is 1.61. The van der Waals surface area contributed by atoms with Gasteiger partial charge in [0.15, 0.2) is 0 Å². The van der Waals surface area contributed by atoms with Crippen molar-refractivity contribution >= 4 is 27.3 Å². The molecule has 2 N–H and O–H groups in total. The zero-order chi connectivity index (χ0) is 15.6. The van der Waals surface area contributed by atoms with Crippen LogP contribution < -0.4 is 4.72 Å². The first-order valence-corrected chi connectivity index (χ1v) is 7.71. The Labute approximate surface area is 127 Å². The van der Waals surface area contributed by atoms with Gasteiger partial charge >= 0.3 is 0 Å². The lowest BCUT2D eigenvalue weighted by atomic mass is 10.2. The van der Waals surface area contributed by atoms with Crippen LogP contribution in [0, 0.1) is 18.3 Å². The van der Waals surface area contributed by atoms with Gasteiger partial charge in [0.2, 0.25) is 0 Å². The lowest BCUT2D eigenvalue weighted by molar-refractivity contribution is 0.476. The van der Waals surface area contributed by atoms with Crippen LogP contribution in [0.4, 0.5) is 5.69 Å². The summed E-state index contributed by atoms with van der Waals surface area (Å²) in [6, 6.07) is 10.3. The van der Waals surface area contributed by atoms with Crippen LogP contribution in [0.25, 0.3) is 0 Å². The number of sulfonamides is 1. The van der Waals surface area contributed by atoms with Crippen LogP contribution in [0.2, 0.25) is 5.02 Å². The maximum atomic E-state index is 12.3. The number of nitrogens with one attached hydrogen (secondary N) is 1. The minimum absolute atomic E-state index is 0.0657. The molecular formula is C14H11ClN2O3S. The van der Waals surface area contributed by atoms with E-state index in [2.05, 4.69) is 4.72 Å². The van der Waals surface area contributed by atoms with Gasteiger partial charge in [0.1, 0.15) is 5.75 Å². The van der Waals surface area contributed by atoms with Gasteiger partial charge < -0.3 is 5.11 Å². The van der Waals surface area contributed by atoms with Crippen molar-refractivity contribution in [3.8, 4) is 11.8 Å². The molecule has 2 aromatic rings. The smallest absolute Gasteiger partial charge is 0.262 e. The normalized spacial score (nSPS) is 10.9. The molecule has 0 spiro atoms. The quantitative estimate of drug-likeness (QED) is 0.908. The molecule has 0 saturated heterocycles. The second-order valence-electron chi connectivity index (χ2n) is 4.36. The topological polar surface area (TPSA) is 90.2 Å². The number of aromatic hydroxyl groups is 1. The van der Waals surface area contributed by atoms with Crippen molar-refractivity contribution in [3.05, 3.63) is 52.5 Å². The summed E-state index contributed by atoms with van der Waals surface area (Å²) in [4.78, 5) is 0.0657. The number of hydrogen-bond acceptors (Lipinski definition) is 4. The summed E-state index contributed by atoms with van der Waals surface area (Å²) in [6.07, 6.45) is 0. The molecule has 21 heavy (non-hydrogen) atoms. The maximum absolute atomic E-state index is 12.3. The molecule has 0 aliphatic carbocycles. The molecule has 0 heterocycles. The average Bonchev–Trinajstić information content (AvgIpc) is 2.42. The first kappa shape index (κ1) is 15.2. The van der Waals surface area contributed by atoms with Crippen LogP contribution in [-0.4, -0.2) is 13.5 Å². The van der Waals surface area contributed by atoms with Crippen molar-refractivity contribution < 1.29 is 13.5 Å². The van der Waals surface area contributed by atoms with E-state index in [-0.39, 0.29) is 21.4 Å². The Morgan fingerprint density at radius 2 is 1.95 bits per heavy atom. The third kappa shape index (κ3) is 3.27. The van der Waals surface area contributed by atoms with Crippen molar-refractivity contribution in [2.24, 2.45) is 0 Å². The molecule has 0 aliphatic heterocycles. The molecule has 2 aromatic carbocycles. The highest BCUT2D eigenvalue weighted by Gasteiger charge is 2.17. The summed E-state index contributed by atoms with van der Waals surface area (Å²) in [7, 11) is -3.81. The summed E-state index contributed by atoms with van der Waals surface area (Å²) < 4.78 is 27.0. The largest absolute Gasteiger partial charge is 0.506 e. The molecule has 0 aliphatic rings. The van der Waals surface area contributed by atoms with Gasteiger partial charge in [-0.3, -0.25) is 4.72 Å². The fourth-order valence-electron chi connectivity index (χ4n) is 1.81. The zero-order valence-corrected chi connectivity index (χ0v) is 12.5. The number of aryl methyl sites for hydroxylation is 1. The van der Waals surface area contributed by atoms with Crippen LogP contribution in [0.1, 0.15) is 11.1 Å². The van der Waals surface area contributed by atoms with Crippen molar-refractivity contribution in [2.45, 2.75) is 11.8 Å². The average molecular weight is 323 g/mol. The van der Waals surface area contributed by atoms with E-state index in [9.17, 15) is 13.5 Å². The summed E-state index contributed by atoms with van der Waals surface area (Å²) in [5.74, 6) is -0.214. The predicted molar refractivity (Wildman–Crippen MR) is 79.8 cm³/mol. The molecule has 108 valence electrons. The second-order valence-corrected chi connectivity index (χ2v) is 6.42. The number of phenolic OH excluding ortho intramolecular Hbond substituents is 1. The van der Waals surface area contributed by atoms with Crippen molar-refractivity contribution in [3.63, 3.8) is 0 Å². The van der Waals surface area contributed by atoms with Gasteiger partial charge in [-0.15, -0.1) is 0 Å². The third-order valence-electron chi connectivity index (χ3n) is 2.79. The van der Waals surface area contributed by atoms with E-state index >= 15 is 0 Å². The van der Waals surface area contributed by atoms with Crippen LogP contribution in [0.3, 0.4) is 0 Å². The molecule has 0 aromatic heterocycles. The van der Waals surface area contributed by atoms with E-state index in [4.69, 9.17) is 16.9 Å². The highest BCUT2D eigenvalue weighted by molar-refractivity contribution is 7.92. The molecule has 0 atom stereocenters. The molecule has 7 heteroatoms. The molecular weight excluding hydrogens is 312 g/mol. The fourth-order valence-corrected chi connectivity index (χ4v) is 3.20. The Morgan fingerprint density at radius 1 is 1.24 bits per heavy atom. The standard InChI is InChI=1S/C14H11ClN2O3S/c1-9-6-10(8-16)2-5-14(9)21(19,20)17-11-3-4-12(15)13(18)7-11/h2-7,17-18H,1H3. The first-order chi connectivity index (χ1) is 9.83. The minimum Gasteiger partial charge on any atom is -0.506 e. The number of halogens is 1. The van der Waals surface area contributed by atoms with Crippen LogP contribution in [0.5, 0.6) is 5.75 Å². The Balaban J connectivity index is 2.38. The second kappa shape index (κ2) is 5.64. The van der Waals surface area contributed by atoms with Gasteiger partial charge in [-0.05, 0) is 42.8 Å². The molecule has 5 nitrogen and oxygen atoms in total. The van der Waals surface area contributed by atoms with Crippen molar-refractivity contribution in [1.29, 1.82) is 5.26 Å². The summed E-state index contributed by atoms with van der Waals surface area (Å²) in [5, 5.41) is 18.4. The van der Waals surface area contributed by atoms with E-state index < -0.39 is 10.0 Å². The van der Waals surface area contributed by atoms with Crippen LogP contribution in [0.15, 0.2) is 41.3 Å². The van der Waals surface area contributed by atoms with Crippen LogP contribution >= 0.6 is 11.6 Å². The third-order valence-corrected chi connectivity index (χ3v) is 4.65. The van der Waals surface area contributed by atoms with Gasteiger partial charge in [0, 0.05) is 6.07 Å². The number of nitrogens with zero attached hydrogens (tertiary/aromatic N) is 1. The van der Waals surface area contributed by atoms with E-state index in [1.807, 2.05) is 6.07 Å². The maximum Gasteiger partial charge on any atom is 0.262 e. The van der Waals surface area contributed by atoms with Gasteiger partial charge in [-0.2, -0.15) is 5.26 Å². The summed E-state index contributed by atoms with van der Waals surface area (Å²) >= 11 is 5.67. The number of hydrogen-bond donors (Lipinski definition) is 2. The van der Waals surface area contributed by atoms with E-state index in [1.165, 1.54) is 36.4 Å². The molecule has 0 saturated carbocycles. The number of benzene rings is 2. The van der Waals surface area contributed by atoms with E-state index in [1.54, 1.807) is 6.92 Å². The van der Waals surface area contributed by atoms with Gasteiger partial charge in [-0.1, -0.05) is 11.6 Å². The van der Waals surface area contributed by atoms with Gasteiger partial charge in [0.05, 0.1) is 27.2 Å². The number of nitriles is 1. The van der Waals surface area contributed by atoms with Crippen molar-refractivity contribution in [1.82, 2.24) is 0 Å². The molecule has 0 amide bonds. The number of phenols is 1. The summed E-state index contributed by atoms with van der Waals surface area (Å²) in [5.41, 5.74) is 1.04. The van der Waals surface area contributed by atoms with E-state index in [0.717, 1.165) is 0 Å². The number of rotatable bonds is 3. The Kier molecular flexibility index (Phi) is 4.07. The SMILES string of the molecule is Cc1cc(C#N)ccc1S(=O)(=O)Nc1ccc(Cl)c(O)c1. The fraction of sp³-hybridized carbons (Fsp3) is 0.0714. The lowest BCUT2D eigenvalue weighted by Gasteiger charge is -2.11. The van der Waals surface area contributed by atoms with Crippen molar-refractivity contribution in [2.75, 3.05) is 4.72 Å². The van der Waals surface area contributed by atoms with Gasteiger partial charge in [0.25, 0.3) is 10.0 Å². The highest BCUT2D eigenvalue weighted by atomic mass is 35.5. The number of anilines is 1. The molecule has 2 rings (SSSR count). The van der Waals surface area contributed by atoms with Crippen LogP contribution in [-0.2, 0) is 10.0 Å². The lowest BCUT2D eigenvalue weighted by Crippen LogP contribution is -2.14. The minimum atomic E-state index is -3.81. The first-order valence-electron chi connectivity index (χ1n) is 5.85. The monoisotopic (exact) mass is 322 g/mol. The molecule has 0 bridgehead atoms. The Morgan fingerprint density at radius 3 is 2.52 bits per heavy atom. The highest BCUT2D eigenvalue weighted by Crippen LogP contribution is 2.28. The van der Waals surface area contributed by atoms with E-state index in [0.29, 0.717) is 11.1 Å². The molecule has 0 unspecified atom stereocenters.